The Hall–Kier alpha value is -4.05. The summed E-state index contributed by atoms with van der Waals surface area (Å²) in [7, 11) is 0. The van der Waals surface area contributed by atoms with Crippen LogP contribution in [0.2, 0.25) is 0 Å². The van der Waals surface area contributed by atoms with Crippen LogP contribution in [0.25, 0.3) is 22.2 Å². The molecule has 1 aliphatic heterocycles. The fraction of sp³-hybridized carbons (Fsp3) is 0.310. The normalized spacial score (nSPS) is 15.0. The van der Waals surface area contributed by atoms with Crippen LogP contribution >= 0.6 is 0 Å². The second-order valence-corrected chi connectivity index (χ2v) is 9.51. The molecule has 1 aliphatic rings. The van der Waals surface area contributed by atoms with Crippen molar-refractivity contribution in [2.75, 3.05) is 25.0 Å². The minimum Gasteiger partial charge on any atom is -0.493 e. The number of hydrogen-bond donors (Lipinski definition) is 2. The zero-order valence-electron chi connectivity index (χ0n) is 21.3. The molecule has 204 valence electrons. The number of oxazole rings is 1. The molecular formula is C29H28F3N3O4. The predicted molar refractivity (Wildman–Crippen MR) is 141 cm³/mol. The minimum atomic E-state index is -4.37. The molecule has 10 heteroatoms. The summed E-state index contributed by atoms with van der Waals surface area (Å²) in [4.78, 5) is 18.2. The topological polar surface area (TPSA) is 87.8 Å². The van der Waals surface area contributed by atoms with Gasteiger partial charge in [0.2, 0.25) is 0 Å². The number of nitrogens with zero attached hydrogens (tertiary/aromatic N) is 2. The number of anilines is 1. The number of halogens is 3. The molecule has 7 nitrogen and oxygen atoms in total. The monoisotopic (exact) mass is 539 g/mol. The van der Waals surface area contributed by atoms with E-state index in [0.717, 1.165) is 49.2 Å². The maximum absolute atomic E-state index is 13.0. The number of para-hydroxylation sites is 1. The van der Waals surface area contributed by atoms with Crippen molar-refractivity contribution in [3.63, 3.8) is 0 Å². The van der Waals surface area contributed by atoms with Crippen molar-refractivity contribution in [3.8, 4) is 16.9 Å². The number of fused-ring (bicyclic) bond motifs is 1. The van der Waals surface area contributed by atoms with Crippen molar-refractivity contribution in [3.05, 3.63) is 77.4 Å². The minimum absolute atomic E-state index is 0.0821. The van der Waals surface area contributed by atoms with E-state index in [1.54, 1.807) is 12.1 Å². The second-order valence-electron chi connectivity index (χ2n) is 9.51. The summed E-state index contributed by atoms with van der Waals surface area (Å²) < 4.78 is 50.4. The molecule has 1 aromatic heterocycles. The molecule has 0 spiro atoms. The number of aromatic carboxylic acids is 1. The predicted octanol–water partition coefficient (Wildman–Crippen LogP) is 6.69. The Balaban J connectivity index is 1.22. The smallest absolute Gasteiger partial charge is 0.416 e. The van der Waals surface area contributed by atoms with Gasteiger partial charge in [-0.25, -0.2) is 4.79 Å². The average Bonchev–Trinajstić information content (AvgIpc) is 3.32. The van der Waals surface area contributed by atoms with E-state index in [2.05, 4.69) is 15.2 Å². The number of piperidine rings is 1. The summed E-state index contributed by atoms with van der Waals surface area (Å²) in [6.07, 6.45) is -2.67. The van der Waals surface area contributed by atoms with Gasteiger partial charge in [0.1, 0.15) is 16.8 Å². The molecular weight excluding hydrogens is 511 g/mol. The van der Waals surface area contributed by atoms with Gasteiger partial charge < -0.3 is 19.6 Å². The van der Waals surface area contributed by atoms with Gasteiger partial charge in [-0.05, 0) is 61.2 Å². The SMILES string of the molecule is CCOc1cc(CN2CCC(Nc3nc4cccc(C(=O)O)c4o3)CC2)ccc1-c1ccc(C(F)(F)F)cc1. The third kappa shape index (κ3) is 6.01. The van der Waals surface area contributed by atoms with Crippen LogP contribution in [0, 0.1) is 0 Å². The van der Waals surface area contributed by atoms with Gasteiger partial charge in [-0.1, -0.05) is 30.3 Å². The van der Waals surface area contributed by atoms with Crippen LogP contribution in [0.15, 0.2) is 65.1 Å². The van der Waals surface area contributed by atoms with Crippen LogP contribution in [-0.4, -0.2) is 46.7 Å². The fourth-order valence-corrected chi connectivity index (χ4v) is 4.86. The molecule has 0 amide bonds. The third-order valence-electron chi connectivity index (χ3n) is 6.84. The van der Waals surface area contributed by atoms with Crippen LogP contribution in [-0.2, 0) is 12.7 Å². The number of benzene rings is 3. The first-order valence-electron chi connectivity index (χ1n) is 12.8. The highest BCUT2D eigenvalue weighted by atomic mass is 19.4. The lowest BCUT2D eigenvalue weighted by molar-refractivity contribution is -0.137. The molecule has 4 aromatic rings. The van der Waals surface area contributed by atoms with E-state index < -0.39 is 17.7 Å². The number of aromatic nitrogens is 1. The third-order valence-corrected chi connectivity index (χ3v) is 6.84. The number of alkyl halides is 3. The molecule has 2 N–H and O–H groups in total. The van der Waals surface area contributed by atoms with Crippen molar-refractivity contribution >= 4 is 23.1 Å². The van der Waals surface area contributed by atoms with Gasteiger partial charge >= 0.3 is 12.1 Å². The Morgan fingerprint density at radius 1 is 1.13 bits per heavy atom. The second kappa shape index (κ2) is 11.0. The molecule has 0 unspecified atom stereocenters. The number of carboxylic acids is 1. The molecule has 5 rings (SSSR count). The molecule has 0 saturated carbocycles. The van der Waals surface area contributed by atoms with Crippen LogP contribution in [0.1, 0.15) is 41.3 Å². The molecule has 39 heavy (non-hydrogen) atoms. The first-order chi connectivity index (χ1) is 18.7. The summed E-state index contributed by atoms with van der Waals surface area (Å²) >= 11 is 0. The molecule has 1 fully saturated rings. The Morgan fingerprint density at radius 3 is 2.54 bits per heavy atom. The lowest BCUT2D eigenvalue weighted by Crippen LogP contribution is -2.38. The van der Waals surface area contributed by atoms with Crippen LogP contribution in [0.4, 0.5) is 19.2 Å². The van der Waals surface area contributed by atoms with Gasteiger partial charge in [0.25, 0.3) is 6.01 Å². The Labute approximate surface area is 223 Å². The molecule has 0 radical (unpaired) electrons. The lowest BCUT2D eigenvalue weighted by Gasteiger charge is -2.32. The van der Waals surface area contributed by atoms with Gasteiger partial charge in [0, 0.05) is 31.2 Å². The maximum Gasteiger partial charge on any atom is 0.416 e. The van der Waals surface area contributed by atoms with Crippen molar-refractivity contribution in [1.82, 2.24) is 9.88 Å². The standard InChI is InChI=1S/C29H28F3N3O4/c1-2-38-25-16-18(6-11-22(25)19-7-9-20(10-8-19)29(30,31)32)17-35-14-12-21(13-15-35)33-28-34-24-5-3-4-23(27(36)37)26(24)39-28/h3-11,16,21H,2,12-15,17H2,1H3,(H,33,34)(H,36,37). The Bertz CT molecular complexity index is 1460. The zero-order valence-corrected chi connectivity index (χ0v) is 21.3. The lowest BCUT2D eigenvalue weighted by atomic mass is 10.00. The van der Waals surface area contributed by atoms with Crippen molar-refractivity contribution in [1.29, 1.82) is 0 Å². The van der Waals surface area contributed by atoms with Crippen LogP contribution in [0.5, 0.6) is 5.75 Å². The Morgan fingerprint density at radius 2 is 1.87 bits per heavy atom. The van der Waals surface area contributed by atoms with Gasteiger partial charge in [0.05, 0.1) is 12.2 Å². The number of hydrogen-bond acceptors (Lipinski definition) is 6. The zero-order chi connectivity index (χ0) is 27.6. The highest BCUT2D eigenvalue weighted by Crippen LogP contribution is 2.35. The van der Waals surface area contributed by atoms with Gasteiger partial charge in [-0.15, -0.1) is 0 Å². The van der Waals surface area contributed by atoms with E-state index in [1.165, 1.54) is 18.2 Å². The number of carbonyl (C=O) groups is 1. The molecule has 0 atom stereocenters. The quantitative estimate of drug-likeness (QED) is 0.258. The first kappa shape index (κ1) is 26.6. The molecule has 0 aliphatic carbocycles. The van der Waals surface area contributed by atoms with E-state index in [-0.39, 0.29) is 17.2 Å². The van der Waals surface area contributed by atoms with Crippen LogP contribution in [0.3, 0.4) is 0 Å². The molecule has 0 bridgehead atoms. The highest BCUT2D eigenvalue weighted by molar-refractivity contribution is 6.00. The highest BCUT2D eigenvalue weighted by Gasteiger charge is 2.30. The number of nitrogens with one attached hydrogen (secondary N) is 1. The average molecular weight is 540 g/mol. The van der Waals surface area contributed by atoms with Gasteiger partial charge in [0.15, 0.2) is 5.58 Å². The van der Waals surface area contributed by atoms with E-state index in [9.17, 15) is 23.1 Å². The fourth-order valence-electron chi connectivity index (χ4n) is 4.86. The number of carboxylic acid groups (broad SMARTS) is 1. The molecule has 3 aromatic carbocycles. The largest absolute Gasteiger partial charge is 0.493 e. The van der Waals surface area contributed by atoms with Crippen molar-refractivity contribution in [2.24, 2.45) is 0 Å². The van der Waals surface area contributed by atoms with Gasteiger partial charge in [-0.2, -0.15) is 18.2 Å². The number of rotatable bonds is 8. The molecule has 2 heterocycles. The van der Waals surface area contributed by atoms with Crippen LogP contribution < -0.4 is 10.1 Å². The van der Waals surface area contributed by atoms with E-state index in [4.69, 9.17) is 9.15 Å². The summed E-state index contributed by atoms with van der Waals surface area (Å²) in [5.41, 5.74) is 2.63. The van der Waals surface area contributed by atoms with E-state index >= 15 is 0 Å². The maximum atomic E-state index is 13.0. The summed E-state index contributed by atoms with van der Waals surface area (Å²) in [6, 6.07) is 16.3. The first-order valence-corrected chi connectivity index (χ1v) is 12.8. The summed E-state index contributed by atoms with van der Waals surface area (Å²) in [6.45, 7) is 4.70. The van der Waals surface area contributed by atoms with E-state index in [0.29, 0.717) is 36.0 Å². The Kier molecular flexibility index (Phi) is 7.47. The summed E-state index contributed by atoms with van der Waals surface area (Å²) in [5.74, 6) is -0.417. The molecule has 1 saturated heterocycles. The van der Waals surface area contributed by atoms with Crippen molar-refractivity contribution in [2.45, 2.75) is 38.5 Å². The van der Waals surface area contributed by atoms with E-state index in [1.807, 2.05) is 25.1 Å². The number of ether oxygens (including phenoxy) is 1. The van der Waals surface area contributed by atoms with Crippen molar-refractivity contribution < 1.29 is 32.2 Å². The van der Waals surface area contributed by atoms with Gasteiger partial charge in [-0.3, -0.25) is 4.90 Å². The number of likely N-dealkylation sites (tertiary alicyclic amines) is 1. The summed E-state index contributed by atoms with van der Waals surface area (Å²) in [5, 5.41) is 12.7.